The maximum Gasteiger partial charge on any atom is 0.337 e. The average Bonchev–Trinajstić information content (AvgIpc) is 3.21. The van der Waals surface area contributed by atoms with Gasteiger partial charge in [-0.25, -0.2) is 4.79 Å². The molecule has 6 nitrogen and oxygen atoms in total. The number of hydrogen-bond donors (Lipinski definition) is 2. The van der Waals surface area contributed by atoms with Crippen LogP contribution in [0.2, 0.25) is 0 Å². The van der Waals surface area contributed by atoms with Crippen LogP contribution in [0.1, 0.15) is 23.2 Å². The van der Waals surface area contributed by atoms with Gasteiger partial charge in [-0.05, 0) is 55.3 Å². The lowest BCUT2D eigenvalue weighted by atomic mass is 10.2. The number of anilines is 3. The van der Waals surface area contributed by atoms with Crippen molar-refractivity contribution in [3.05, 3.63) is 54.1 Å². The molecule has 1 fully saturated rings. The SMILES string of the molecule is COC(=O)c1cccc(NC(=O)CNc2ccc(N3CCCC3)cc2)c1. The molecule has 1 heterocycles. The molecule has 0 bridgehead atoms. The minimum atomic E-state index is -0.433. The van der Waals surface area contributed by atoms with Crippen molar-refractivity contribution >= 4 is 28.9 Å². The standard InChI is InChI=1S/C20H23N3O3/c1-26-20(25)15-5-4-6-17(13-15)22-19(24)14-21-16-7-9-18(10-8-16)23-11-2-3-12-23/h4-10,13,21H,2-3,11-12,14H2,1H3,(H,22,24). The van der Waals surface area contributed by atoms with Gasteiger partial charge in [0.15, 0.2) is 0 Å². The van der Waals surface area contributed by atoms with Gasteiger partial charge in [-0.3, -0.25) is 4.79 Å². The highest BCUT2D eigenvalue weighted by atomic mass is 16.5. The van der Waals surface area contributed by atoms with E-state index in [9.17, 15) is 9.59 Å². The third kappa shape index (κ3) is 4.53. The highest BCUT2D eigenvalue weighted by molar-refractivity contribution is 5.96. The second-order valence-corrected chi connectivity index (χ2v) is 6.22. The molecule has 0 atom stereocenters. The quantitative estimate of drug-likeness (QED) is 0.781. The maximum absolute atomic E-state index is 12.1. The maximum atomic E-state index is 12.1. The van der Waals surface area contributed by atoms with Gasteiger partial charge in [0.25, 0.3) is 0 Å². The van der Waals surface area contributed by atoms with E-state index in [1.807, 2.05) is 12.1 Å². The van der Waals surface area contributed by atoms with E-state index in [-0.39, 0.29) is 12.5 Å². The Kier molecular flexibility index (Phi) is 5.73. The fraction of sp³-hybridized carbons (Fsp3) is 0.300. The summed E-state index contributed by atoms with van der Waals surface area (Å²) in [7, 11) is 1.33. The molecule has 0 saturated carbocycles. The Morgan fingerprint density at radius 1 is 1.04 bits per heavy atom. The lowest BCUT2D eigenvalue weighted by molar-refractivity contribution is -0.114. The van der Waals surface area contributed by atoms with Crippen LogP contribution in [-0.2, 0) is 9.53 Å². The minimum Gasteiger partial charge on any atom is -0.465 e. The number of nitrogens with one attached hydrogen (secondary N) is 2. The molecule has 2 aromatic carbocycles. The van der Waals surface area contributed by atoms with Crippen LogP contribution in [0.15, 0.2) is 48.5 Å². The Morgan fingerprint density at radius 2 is 1.77 bits per heavy atom. The monoisotopic (exact) mass is 353 g/mol. The van der Waals surface area contributed by atoms with Crippen molar-refractivity contribution in [1.82, 2.24) is 0 Å². The van der Waals surface area contributed by atoms with Gasteiger partial charge in [-0.15, -0.1) is 0 Å². The van der Waals surface area contributed by atoms with Crippen molar-refractivity contribution in [2.75, 3.05) is 42.3 Å². The average molecular weight is 353 g/mol. The molecule has 1 aliphatic rings. The largest absolute Gasteiger partial charge is 0.465 e. The topological polar surface area (TPSA) is 70.7 Å². The Balaban J connectivity index is 1.51. The first-order valence-electron chi connectivity index (χ1n) is 8.73. The molecule has 0 aromatic heterocycles. The summed E-state index contributed by atoms with van der Waals surface area (Å²) in [5.41, 5.74) is 3.07. The van der Waals surface area contributed by atoms with Crippen molar-refractivity contribution in [1.29, 1.82) is 0 Å². The molecule has 0 unspecified atom stereocenters. The minimum absolute atomic E-state index is 0.144. The lowest BCUT2D eigenvalue weighted by Crippen LogP contribution is -2.22. The van der Waals surface area contributed by atoms with E-state index in [2.05, 4.69) is 32.4 Å². The Hall–Kier alpha value is -3.02. The third-order valence-electron chi connectivity index (χ3n) is 4.36. The van der Waals surface area contributed by atoms with Crippen molar-refractivity contribution in [3.8, 4) is 0 Å². The van der Waals surface area contributed by atoms with Crippen molar-refractivity contribution in [2.45, 2.75) is 12.8 Å². The highest BCUT2D eigenvalue weighted by Gasteiger charge is 2.12. The molecule has 0 radical (unpaired) electrons. The molecule has 136 valence electrons. The molecule has 0 aliphatic carbocycles. The number of carbonyl (C=O) groups is 2. The van der Waals surface area contributed by atoms with Crippen LogP contribution >= 0.6 is 0 Å². The van der Waals surface area contributed by atoms with E-state index in [1.54, 1.807) is 24.3 Å². The van der Waals surface area contributed by atoms with E-state index >= 15 is 0 Å². The van der Waals surface area contributed by atoms with Gasteiger partial charge in [-0.2, -0.15) is 0 Å². The summed E-state index contributed by atoms with van der Waals surface area (Å²) in [6.07, 6.45) is 2.49. The summed E-state index contributed by atoms with van der Waals surface area (Å²) < 4.78 is 4.68. The molecule has 3 rings (SSSR count). The predicted molar refractivity (Wildman–Crippen MR) is 103 cm³/mol. The Labute approximate surface area is 153 Å². The van der Waals surface area contributed by atoms with Crippen LogP contribution in [0.25, 0.3) is 0 Å². The molecular formula is C20H23N3O3. The summed E-state index contributed by atoms with van der Waals surface area (Å²) >= 11 is 0. The van der Waals surface area contributed by atoms with Crippen LogP contribution in [0, 0.1) is 0 Å². The molecule has 1 aliphatic heterocycles. The Bertz CT molecular complexity index is 768. The van der Waals surface area contributed by atoms with Gasteiger partial charge < -0.3 is 20.3 Å². The van der Waals surface area contributed by atoms with Crippen LogP contribution in [-0.4, -0.2) is 38.6 Å². The fourth-order valence-electron chi connectivity index (χ4n) is 2.99. The van der Waals surface area contributed by atoms with E-state index in [0.29, 0.717) is 11.3 Å². The molecule has 1 saturated heterocycles. The van der Waals surface area contributed by atoms with Crippen molar-refractivity contribution in [2.24, 2.45) is 0 Å². The first kappa shape index (κ1) is 17.8. The van der Waals surface area contributed by atoms with Crippen LogP contribution in [0.4, 0.5) is 17.1 Å². The first-order chi connectivity index (χ1) is 12.7. The number of esters is 1. The number of amides is 1. The Morgan fingerprint density at radius 3 is 2.46 bits per heavy atom. The van der Waals surface area contributed by atoms with Gasteiger partial charge in [0.05, 0.1) is 19.2 Å². The molecule has 2 N–H and O–H groups in total. The zero-order chi connectivity index (χ0) is 18.4. The number of rotatable bonds is 6. The lowest BCUT2D eigenvalue weighted by Gasteiger charge is -2.18. The summed E-state index contributed by atoms with van der Waals surface area (Å²) in [4.78, 5) is 26.0. The second-order valence-electron chi connectivity index (χ2n) is 6.22. The van der Waals surface area contributed by atoms with Gasteiger partial charge in [0, 0.05) is 30.2 Å². The van der Waals surface area contributed by atoms with E-state index in [1.165, 1.54) is 25.6 Å². The smallest absolute Gasteiger partial charge is 0.337 e. The molecule has 6 heteroatoms. The third-order valence-corrected chi connectivity index (χ3v) is 4.36. The summed E-state index contributed by atoms with van der Waals surface area (Å²) in [5, 5.41) is 5.88. The number of methoxy groups -OCH3 is 1. The summed E-state index contributed by atoms with van der Waals surface area (Å²) in [6.45, 7) is 2.37. The van der Waals surface area contributed by atoms with Gasteiger partial charge in [0.2, 0.25) is 5.91 Å². The number of carbonyl (C=O) groups excluding carboxylic acids is 2. The number of benzene rings is 2. The van der Waals surface area contributed by atoms with E-state index < -0.39 is 5.97 Å². The van der Waals surface area contributed by atoms with Crippen molar-refractivity contribution < 1.29 is 14.3 Å². The zero-order valence-corrected chi connectivity index (χ0v) is 14.8. The van der Waals surface area contributed by atoms with Gasteiger partial charge in [0.1, 0.15) is 0 Å². The molecule has 0 spiro atoms. The molecule has 2 aromatic rings. The van der Waals surface area contributed by atoms with Crippen LogP contribution < -0.4 is 15.5 Å². The predicted octanol–water partition coefficient (Wildman–Crippen LogP) is 3.12. The van der Waals surface area contributed by atoms with Crippen molar-refractivity contribution in [3.63, 3.8) is 0 Å². The fourth-order valence-corrected chi connectivity index (χ4v) is 2.99. The first-order valence-corrected chi connectivity index (χ1v) is 8.73. The molecular weight excluding hydrogens is 330 g/mol. The number of nitrogens with zero attached hydrogens (tertiary/aromatic N) is 1. The molecule has 1 amide bonds. The van der Waals surface area contributed by atoms with Gasteiger partial charge >= 0.3 is 5.97 Å². The van der Waals surface area contributed by atoms with E-state index in [4.69, 9.17) is 0 Å². The summed E-state index contributed by atoms with van der Waals surface area (Å²) in [5.74, 6) is -0.618. The summed E-state index contributed by atoms with van der Waals surface area (Å²) in [6, 6.07) is 14.8. The number of hydrogen-bond acceptors (Lipinski definition) is 5. The zero-order valence-electron chi connectivity index (χ0n) is 14.8. The van der Waals surface area contributed by atoms with E-state index in [0.717, 1.165) is 18.8 Å². The highest BCUT2D eigenvalue weighted by Crippen LogP contribution is 2.22. The second kappa shape index (κ2) is 8.38. The normalized spacial score (nSPS) is 13.3. The van der Waals surface area contributed by atoms with Gasteiger partial charge in [-0.1, -0.05) is 6.07 Å². The van der Waals surface area contributed by atoms with Crippen LogP contribution in [0.5, 0.6) is 0 Å². The molecule has 26 heavy (non-hydrogen) atoms. The number of ether oxygens (including phenoxy) is 1. The van der Waals surface area contributed by atoms with Crippen LogP contribution in [0.3, 0.4) is 0 Å².